The molecule has 0 saturated carbocycles. The van der Waals surface area contributed by atoms with Crippen LogP contribution in [-0.2, 0) is 16.3 Å². The SMILES string of the molecule is Cc1c(CCNC(=O)O)sc(S(=O)(=O)c2ccccc2)c1-c1ccccc1F. The van der Waals surface area contributed by atoms with Crippen molar-refractivity contribution in [1.82, 2.24) is 5.32 Å². The molecule has 0 saturated heterocycles. The summed E-state index contributed by atoms with van der Waals surface area (Å²) in [4.78, 5) is 11.5. The number of benzene rings is 2. The first kappa shape index (κ1) is 20.0. The van der Waals surface area contributed by atoms with Crippen LogP contribution in [0.1, 0.15) is 10.4 Å². The van der Waals surface area contributed by atoms with Crippen molar-refractivity contribution in [2.75, 3.05) is 6.54 Å². The smallest absolute Gasteiger partial charge is 0.404 e. The number of carboxylic acid groups (broad SMARTS) is 1. The van der Waals surface area contributed by atoms with Gasteiger partial charge in [0.1, 0.15) is 10.0 Å². The Labute approximate surface area is 166 Å². The molecule has 2 N–H and O–H groups in total. The molecule has 1 aromatic heterocycles. The fourth-order valence-electron chi connectivity index (χ4n) is 2.93. The van der Waals surface area contributed by atoms with E-state index in [2.05, 4.69) is 5.32 Å². The first-order chi connectivity index (χ1) is 13.3. The summed E-state index contributed by atoms with van der Waals surface area (Å²) >= 11 is 1.06. The lowest BCUT2D eigenvalue weighted by Gasteiger charge is -2.08. The molecule has 0 aliphatic heterocycles. The second-order valence-corrected chi connectivity index (χ2v) is 9.34. The van der Waals surface area contributed by atoms with Crippen LogP contribution in [-0.4, -0.2) is 26.2 Å². The van der Waals surface area contributed by atoms with Crippen LogP contribution in [0.2, 0.25) is 0 Å². The van der Waals surface area contributed by atoms with Crippen molar-refractivity contribution in [3.63, 3.8) is 0 Å². The summed E-state index contributed by atoms with van der Waals surface area (Å²) in [7, 11) is -3.86. The normalized spacial score (nSPS) is 11.4. The van der Waals surface area contributed by atoms with Crippen LogP contribution < -0.4 is 5.32 Å². The number of amides is 1. The number of rotatable bonds is 6. The van der Waals surface area contributed by atoms with Crippen molar-refractivity contribution in [2.45, 2.75) is 22.4 Å². The summed E-state index contributed by atoms with van der Waals surface area (Å²) in [5.74, 6) is -0.511. The Morgan fingerprint density at radius 2 is 1.75 bits per heavy atom. The van der Waals surface area contributed by atoms with Gasteiger partial charge in [0.25, 0.3) is 0 Å². The highest BCUT2D eigenvalue weighted by atomic mass is 32.2. The van der Waals surface area contributed by atoms with Gasteiger partial charge in [-0.25, -0.2) is 17.6 Å². The van der Waals surface area contributed by atoms with Gasteiger partial charge in [-0.2, -0.15) is 0 Å². The first-order valence-corrected chi connectivity index (χ1v) is 10.8. The Hall–Kier alpha value is -2.71. The van der Waals surface area contributed by atoms with E-state index in [1.165, 1.54) is 18.2 Å². The lowest BCUT2D eigenvalue weighted by molar-refractivity contribution is 0.194. The Balaban J connectivity index is 2.18. The third-order valence-electron chi connectivity index (χ3n) is 4.28. The predicted octanol–water partition coefficient (Wildman–Crippen LogP) is 4.51. The summed E-state index contributed by atoms with van der Waals surface area (Å²) in [6.07, 6.45) is -0.838. The van der Waals surface area contributed by atoms with E-state index in [4.69, 9.17) is 5.11 Å². The highest BCUT2D eigenvalue weighted by molar-refractivity contribution is 7.93. The molecule has 28 heavy (non-hydrogen) atoms. The van der Waals surface area contributed by atoms with E-state index < -0.39 is 21.7 Å². The van der Waals surface area contributed by atoms with E-state index >= 15 is 0 Å². The van der Waals surface area contributed by atoms with Gasteiger partial charge < -0.3 is 10.4 Å². The van der Waals surface area contributed by atoms with Gasteiger partial charge >= 0.3 is 6.09 Å². The summed E-state index contributed by atoms with van der Waals surface area (Å²) in [6.45, 7) is 1.87. The molecule has 2 aromatic carbocycles. The van der Waals surface area contributed by atoms with E-state index in [1.54, 1.807) is 43.3 Å². The molecule has 8 heteroatoms. The molecule has 3 aromatic rings. The van der Waals surface area contributed by atoms with Crippen molar-refractivity contribution in [1.29, 1.82) is 0 Å². The highest BCUT2D eigenvalue weighted by Gasteiger charge is 2.29. The minimum atomic E-state index is -3.86. The summed E-state index contributed by atoms with van der Waals surface area (Å²) < 4.78 is 41.1. The molecule has 0 fully saturated rings. The van der Waals surface area contributed by atoms with Crippen molar-refractivity contribution in [2.24, 2.45) is 0 Å². The second-order valence-electron chi connectivity index (χ2n) is 6.09. The molecule has 0 atom stereocenters. The Morgan fingerprint density at radius 1 is 1.11 bits per heavy atom. The van der Waals surface area contributed by atoms with Gasteiger partial charge in [-0.1, -0.05) is 36.4 Å². The molecule has 0 bridgehead atoms. The first-order valence-electron chi connectivity index (χ1n) is 8.46. The maximum Gasteiger partial charge on any atom is 0.404 e. The van der Waals surface area contributed by atoms with Gasteiger partial charge in [0.2, 0.25) is 9.84 Å². The van der Waals surface area contributed by atoms with Crippen LogP contribution in [0.3, 0.4) is 0 Å². The highest BCUT2D eigenvalue weighted by Crippen LogP contribution is 2.42. The fraction of sp³-hybridized carbons (Fsp3) is 0.150. The minimum absolute atomic E-state index is 0.0617. The molecule has 0 aliphatic rings. The van der Waals surface area contributed by atoms with Gasteiger partial charge in [0.15, 0.2) is 0 Å². The van der Waals surface area contributed by atoms with E-state index in [9.17, 15) is 17.6 Å². The molecule has 0 unspecified atom stereocenters. The molecule has 0 spiro atoms. The standard InChI is InChI=1S/C20H18FNO4S2/c1-13-17(11-12-22-20(23)24)27-19(18(13)15-9-5-6-10-16(15)21)28(25,26)14-7-3-2-4-8-14/h2-10,22H,11-12H2,1H3,(H,23,24). The quantitative estimate of drug-likeness (QED) is 0.616. The Kier molecular flexibility index (Phi) is 5.81. The van der Waals surface area contributed by atoms with Crippen LogP contribution in [0.25, 0.3) is 11.1 Å². The van der Waals surface area contributed by atoms with Gasteiger partial charge in [0.05, 0.1) is 4.90 Å². The number of hydrogen-bond acceptors (Lipinski definition) is 4. The summed E-state index contributed by atoms with van der Waals surface area (Å²) in [6, 6.07) is 14.0. The zero-order valence-electron chi connectivity index (χ0n) is 15.0. The number of carbonyl (C=O) groups is 1. The maximum absolute atomic E-state index is 14.5. The zero-order chi connectivity index (χ0) is 20.3. The van der Waals surface area contributed by atoms with Gasteiger partial charge in [-0.3, -0.25) is 0 Å². The predicted molar refractivity (Wildman–Crippen MR) is 106 cm³/mol. The van der Waals surface area contributed by atoms with Gasteiger partial charge in [0, 0.05) is 22.5 Å². The number of hydrogen-bond donors (Lipinski definition) is 2. The summed E-state index contributed by atoms with van der Waals surface area (Å²) in [5, 5.41) is 11.0. The number of sulfone groups is 1. The van der Waals surface area contributed by atoms with Gasteiger partial charge in [-0.05, 0) is 37.1 Å². The monoisotopic (exact) mass is 419 g/mol. The van der Waals surface area contributed by atoms with Crippen LogP contribution in [0.5, 0.6) is 0 Å². The van der Waals surface area contributed by atoms with Crippen molar-refractivity contribution in [3.05, 3.63) is 70.9 Å². The Bertz CT molecular complexity index is 1110. The number of thiophene rings is 1. The maximum atomic E-state index is 14.5. The van der Waals surface area contributed by atoms with Gasteiger partial charge in [-0.15, -0.1) is 11.3 Å². The number of nitrogens with one attached hydrogen (secondary N) is 1. The van der Waals surface area contributed by atoms with Crippen molar-refractivity contribution in [3.8, 4) is 11.1 Å². The van der Waals surface area contributed by atoms with Crippen LogP contribution in [0.15, 0.2) is 63.7 Å². The molecule has 1 heterocycles. The third kappa shape index (κ3) is 3.93. The minimum Gasteiger partial charge on any atom is -0.465 e. The topological polar surface area (TPSA) is 83.5 Å². The molecule has 3 rings (SSSR count). The largest absolute Gasteiger partial charge is 0.465 e. The van der Waals surface area contributed by atoms with Crippen molar-refractivity contribution < 1.29 is 22.7 Å². The molecule has 0 radical (unpaired) electrons. The molecule has 5 nitrogen and oxygen atoms in total. The van der Waals surface area contributed by atoms with E-state index in [-0.39, 0.29) is 21.2 Å². The fourth-order valence-corrected chi connectivity index (χ4v) is 6.26. The molecule has 1 amide bonds. The average Bonchev–Trinajstić information content (AvgIpc) is 3.00. The molecule has 0 aliphatic carbocycles. The van der Waals surface area contributed by atoms with E-state index in [0.717, 1.165) is 11.3 Å². The second kappa shape index (κ2) is 8.12. The lowest BCUT2D eigenvalue weighted by atomic mass is 10.0. The summed E-state index contributed by atoms with van der Waals surface area (Å²) in [5.41, 5.74) is 1.18. The lowest BCUT2D eigenvalue weighted by Crippen LogP contribution is -2.23. The number of halogens is 1. The molecular formula is C20H18FNO4S2. The zero-order valence-corrected chi connectivity index (χ0v) is 16.6. The van der Waals surface area contributed by atoms with Crippen LogP contribution in [0.4, 0.5) is 9.18 Å². The van der Waals surface area contributed by atoms with E-state index in [1.807, 2.05) is 0 Å². The van der Waals surface area contributed by atoms with E-state index in [0.29, 0.717) is 22.4 Å². The van der Waals surface area contributed by atoms with Crippen LogP contribution in [0, 0.1) is 12.7 Å². The average molecular weight is 419 g/mol. The van der Waals surface area contributed by atoms with Crippen LogP contribution >= 0.6 is 11.3 Å². The Morgan fingerprint density at radius 3 is 2.39 bits per heavy atom. The van der Waals surface area contributed by atoms with Crippen molar-refractivity contribution >= 4 is 27.3 Å². The third-order valence-corrected chi connectivity index (χ3v) is 7.92. The molecule has 146 valence electrons. The molecular weight excluding hydrogens is 401 g/mol.